The van der Waals surface area contributed by atoms with Gasteiger partial charge in [-0.25, -0.2) is 9.18 Å². The number of amides is 1. The van der Waals surface area contributed by atoms with Crippen LogP contribution in [-0.4, -0.2) is 31.7 Å². The second-order valence-corrected chi connectivity index (χ2v) is 5.51. The zero-order valence-electron chi connectivity index (χ0n) is 12.9. The normalized spacial score (nSPS) is 12.4. The molecule has 1 N–H and O–H groups in total. The number of ether oxygens (including phenoxy) is 3. The van der Waals surface area contributed by atoms with Crippen molar-refractivity contribution in [2.24, 2.45) is 0 Å². The summed E-state index contributed by atoms with van der Waals surface area (Å²) in [6, 6.07) is 8.15. The molecule has 0 saturated heterocycles. The highest BCUT2D eigenvalue weighted by molar-refractivity contribution is 6.33. The fraction of sp³-hybridized carbons (Fsp3) is 0.176. The third-order valence-corrected chi connectivity index (χ3v) is 3.63. The number of fused-ring (bicyclic) bond motifs is 1. The van der Waals surface area contributed by atoms with Crippen LogP contribution >= 0.6 is 11.6 Å². The Morgan fingerprint density at radius 1 is 1.12 bits per heavy atom. The minimum atomic E-state index is -0.683. The minimum Gasteiger partial charge on any atom is -0.486 e. The monoisotopic (exact) mass is 365 g/mol. The van der Waals surface area contributed by atoms with Crippen molar-refractivity contribution in [3.05, 3.63) is 52.8 Å². The molecule has 0 unspecified atom stereocenters. The number of benzene rings is 2. The maximum atomic E-state index is 13.0. The van der Waals surface area contributed by atoms with Crippen molar-refractivity contribution in [1.82, 2.24) is 0 Å². The van der Waals surface area contributed by atoms with Gasteiger partial charge in [-0.15, -0.1) is 0 Å². The van der Waals surface area contributed by atoms with Gasteiger partial charge in [0.1, 0.15) is 19.0 Å². The summed E-state index contributed by atoms with van der Waals surface area (Å²) in [6.45, 7) is 0.330. The van der Waals surface area contributed by atoms with Crippen LogP contribution in [0.25, 0.3) is 0 Å². The fourth-order valence-corrected chi connectivity index (χ4v) is 2.38. The Morgan fingerprint density at radius 3 is 2.64 bits per heavy atom. The number of esters is 1. The van der Waals surface area contributed by atoms with Gasteiger partial charge in [-0.3, -0.25) is 4.79 Å². The van der Waals surface area contributed by atoms with E-state index in [1.165, 1.54) is 18.2 Å². The molecule has 6 nitrogen and oxygen atoms in total. The van der Waals surface area contributed by atoms with Gasteiger partial charge < -0.3 is 19.5 Å². The van der Waals surface area contributed by atoms with Crippen LogP contribution in [0.4, 0.5) is 10.1 Å². The molecule has 0 spiro atoms. The van der Waals surface area contributed by atoms with E-state index in [1.807, 2.05) is 0 Å². The van der Waals surface area contributed by atoms with Crippen LogP contribution in [0.3, 0.4) is 0 Å². The lowest BCUT2D eigenvalue weighted by atomic mass is 10.2. The standard InChI is InChI=1S/C17H13ClFNO5/c18-12-8-11(19)2-3-13(12)20-16(21)9-25-17(22)10-1-4-14-15(7-10)24-6-5-23-14/h1-4,7-8H,5-6,9H2,(H,20,21). The SMILES string of the molecule is O=C(COC(=O)c1ccc2c(c1)OCCO2)Nc1ccc(F)cc1Cl. The smallest absolute Gasteiger partial charge is 0.338 e. The van der Waals surface area contributed by atoms with E-state index in [-0.39, 0.29) is 16.3 Å². The molecule has 0 bridgehead atoms. The van der Waals surface area contributed by atoms with Gasteiger partial charge in [0, 0.05) is 0 Å². The van der Waals surface area contributed by atoms with E-state index < -0.39 is 24.3 Å². The summed E-state index contributed by atoms with van der Waals surface area (Å²) in [5, 5.41) is 2.48. The molecule has 1 aliphatic rings. The molecule has 2 aromatic rings. The Kier molecular flexibility index (Phi) is 5.04. The Hall–Kier alpha value is -2.80. The third-order valence-electron chi connectivity index (χ3n) is 3.32. The van der Waals surface area contributed by atoms with Crippen molar-refractivity contribution in [3.8, 4) is 11.5 Å². The molecule has 130 valence electrons. The number of hydrogen-bond donors (Lipinski definition) is 1. The van der Waals surface area contributed by atoms with Crippen LogP contribution in [0.5, 0.6) is 11.5 Å². The van der Waals surface area contributed by atoms with Crippen molar-refractivity contribution in [3.63, 3.8) is 0 Å². The molecule has 1 heterocycles. The Bertz CT molecular complexity index is 827. The zero-order valence-corrected chi connectivity index (χ0v) is 13.6. The predicted octanol–water partition coefficient (Wildman–Crippen LogP) is 3.05. The first-order valence-corrected chi connectivity index (χ1v) is 7.72. The van der Waals surface area contributed by atoms with E-state index >= 15 is 0 Å². The van der Waals surface area contributed by atoms with Crippen molar-refractivity contribution >= 4 is 29.2 Å². The molecule has 3 rings (SSSR count). The predicted molar refractivity (Wildman–Crippen MR) is 87.8 cm³/mol. The lowest BCUT2D eigenvalue weighted by Gasteiger charge is -2.18. The van der Waals surface area contributed by atoms with Crippen molar-refractivity contribution in [1.29, 1.82) is 0 Å². The number of hydrogen-bond acceptors (Lipinski definition) is 5. The summed E-state index contributed by atoms with van der Waals surface area (Å²) in [5.41, 5.74) is 0.459. The van der Waals surface area contributed by atoms with Gasteiger partial charge in [-0.2, -0.15) is 0 Å². The van der Waals surface area contributed by atoms with Gasteiger partial charge in [0.15, 0.2) is 18.1 Å². The van der Waals surface area contributed by atoms with Crippen LogP contribution in [0, 0.1) is 5.82 Å². The quantitative estimate of drug-likeness (QED) is 0.843. The number of halogens is 2. The summed E-state index contributed by atoms with van der Waals surface area (Å²) in [7, 11) is 0. The second-order valence-electron chi connectivity index (χ2n) is 5.11. The molecule has 1 amide bonds. The first-order chi connectivity index (χ1) is 12.0. The topological polar surface area (TPSA) is 73.9 Å². The van der Waals surface area contributed by atoms with E-state index in [0.717, 1.165) is 12.1 Å². The molecular formula is C17H13ClFNO5. The highest BCUT2D eigenvalue weighted by atomic mass is 35.5. The summed E-state index contributed by atoms with van der Waals surface area (Å²) in [6.07, 6.45) is 0. The highest BCUT2D eigenvalue weighted by Gasteiger charge is 2.17. The molecule has 0 aliphatic carbocycles. The summed E-state index contributed by atoms with van der Waals surface area (Å²) in [4.78, 5) is 23.9. The van der Waals surface area contributed by atoms with Crippen LogP contribution in [-0.2, 0) is 9.53 Å². The van der Waals surface area contributed by atoms with Gasteiger partial charge in [-0.1, -0.05) is 11.6 Å². The van der Waals surface area contributed by atoms with Gasteiger partial charge >= 0.3 is 5.97 Å². The van der Waals surface area contributed by atoms with E-state index in [1.54, 1.807) is 6.07 Å². The number of anilines is 1. The number of rotatable bonds is 4. The van der Waals surface area contributed by atoms with E-state index in [4.69, 9.17) is 25.8 Å². The lowest BCUT2D eigenvalue weighted by Crippen LogP contribution is -2.21. The summed E-state index contributed by atoms with van der Waals surface area (Å²) in [5.74, 6) is -0.806. The number of carbonyl (C=O) groups is 2. The van der Waals surface area contributed by atoms with Crippen LogP contribution in [0.2, 0.25) is 5.02 Å². The van der Waals surface area contributed by atoms with Gasteiger partial charge in [0.2, 0.25) is 0 Å². The van der Waals surface area contributed by atoms with Crippen LogP contribution < -0.4 is 14.8 Å². The lowest BCUT2D eigenvalue weighted by molar-refractivity contribution is -0.119. The van der Waals surface area contributed by atoms with E-state index in [2.05, 4.69) is 5.32 Å². The van der Waals surface area contributed by atoms with Crippen molar-refractivity contribution in [2.45, 2.75) is 0 Å². The average molecular weight is 366 g/mol. The molecule has 2 aromatic carbocycles. The molecular weight excluding hydrogens is 353 g/mol. The summed E-state index contributed by atoms with van der Waals surface area (Å²) >= 11 is 5.81. The fourth-order valence-electron chi connectivity index (χ4n) is 2.16. The minimum absolute atomic E-state index is 0.0477. The second kappa shape index (κ2) is 7.40. The average Bonchev–Trinajstić information content (AvgIpc) is 2.61. The largest absolute Gasteiger partial charge is 0.486 e. The van der Waals surface area contributed by atoms with Gasteiger partial charge in [-0.05, 0) is 36.4 Å². The third kappa shape index (κ3) is 4.19. The molecule has 0 aromatic heterocycles. The number of carbonyl (C=O) groups excluding carboxylic acids is 2. The van der Waals surface area contributed by atoms with E-state index in [0.29, 0.717) is 24.7 Å². The molecule has 0 saturated carbocycles. The maximum absolute atomic E-state index is 13.0. The first-order valence-electron chi connectivity index (χ1n) is 7.34. The zero-order chi connectivity index (χ0) is 17.8. The Morgan fingerprint density at radius 2 is 1.88 bits per heavy atom. The van der Waals surface area contributed by atoms with Crippen LogP contribution in [0.1, 0.15) is 10.4 Å². The summed E-state index contributed by atoms with van der Waals surface area (Å²) < 4.78 is 28.7. The first kappa shape index (κ1) is 17.0. The van der Waals surface area contributed by atoms with Gasteiger partial charge in [0.25, 0.3) is 5.91 Å². The number of nitrogens with one attached hydrogen (secondary N) is 1. The molecule has 0 radical (unpaired) electrons. The molecule has 0 atom stereocenters. The van der Waals surface area contributed by atoms with Gasteiger partial charge in [0.05, 0.1) is 16.3 Å². The van der Waals surface area contributed by atoms with E-state index in [9.17, 15) is 14.0 Å². The molecule has 25 heavy (non-hydrogen) atoms. The highest BCUT2D eigenvalue weighted by Crippen LogP contribution is 2.31. The van der Waals surface area contributed by atoms with Crippen LogP contribution in [0.15, 0.2) is 36.4 Å². The molecule has 1 aliphatic heterocycles. The molecule has 8 heteroatoms. The Balaban J connectivity index is 1.57. The Labute approximate surface area is 147 Å². The maximum Gasteiger partial charge on any atom is 0.338 e. The van der Waals surface area contributed by atoms with Crippen molar-refractivity contribution < 1.29 is 28.2 Å². The van der Waals surface area contributed by atoms with Crippen molar-refractivity contribution in [2.75, 3.05) is 25.1 Å². The molecule has 0 fully saturated rings.